The van der Waals surface area contributed by atoms with E-state index in [1.54, 1.807) is 17.0 Å². The molecule has 4 rings (SSSR count). The fraction of sp³-hybridized carbons (Fsp3) is 0.250. The highest BCUT2D eigenvalue weighted by atomic mass is 19.1. The molecule has 0 heterocycles. The van der Waals surface area contributed by atoms with Crippen molar-refractivity contribution >= 4 is 22.6 Å². The van der Waals surface area contributed by atoms with Crippen LogP contribution in [-0.2, 0) is 29.0 Å². The molecule has 0 saturated heterocycles. The van der Waals surface area contributed by atoms with Crippen molar-refractivity contribution in [2.75, 3.05) is 6.54 Å². The van der Waals surface area contributed by atoms with Crippen LogP contribution in [0.4, 0.5) is 4.39 Å². The number of benzene rings is 4. The molecule has 1 N–H and O–H groups in total. The monoisotopic (exact) mass is 496 g/mol. The zero-order valence-corrected chi connectivity index (χ0v) is 21.2. The van der Waals surface area contributed by atoms with Gasteiger partial charge in [0.25, 0.3) is 0 Å². The Bertz CT molecular complexity index is 1320. The summed E-state index contributed by atoms with van der Waals surface area (Å²) in [6.45, 7) is 2.77. The minimum Gasteiger partial charge on any atom is -0.354 e. The minimum atomic E-state index is -0.681. The summed E-state index contributed by atoms with van der Waals surface area (Å²) in [4.78, 5) is 28.8. The molecule has 0 radical (unpaired) electrons. The lowest BCUT2D eigenvalue weighted by molar-refractivity contribution is -0.141. The first-order valence-electron chi connectivity index (χ1n) is 12.9. The normalized spacial score (nSPS) is 11.7. The summed E-state index contributed by atoms with van der Waals surface area (Å²) in [5.74, 6) is -0.615. The van der Waals surface area contributed by atoms with Crippen molar-refractivity contribution < 1.29 is 14.0 Å². The van der Waals surface area contributed by atoms with Gasteiger partial charge in [0.15, 0.2) is 0 Å². The van der Waals surface area contributed by atoms with Gasteiger partial charge in [0.1, 0.15) is 11.9 Å². The lowest BCUT2D eigenvalue weighted by Gasteiger charge is -2.31. The Hall–Kier alpha value is -3.99. The van der Waals surface area contributed by atoms with Gasteiger partial charge in [0.2, 0.25) is 11.8 Å². The zero-order chi connectivity index (χ0) is 26.0. The van der Waals surface area contributed by atoms with E-state index in [0.29, 0.717) is 19.4 Å². The SMILES string of the molecule is CCCNC(=O)[C@H](Cc1ccccc1)N(Cc1ccc(F)cc1)C(=O)CCc1cccc2ccccc12. The molecule has 5 heteroatoms. The first-order valence-corrected chi connectivity index (χ1v) is 12.9. The lowest BCUT2D eigenvalue weighted by Crippen LogP contribution is -2.50. The van der Waals surface area contributed by atoms with E-state index in [2.05, 4.69) is 29.6 Å². The number of carbonyl (C=O) groups excluding carboxylic acids is 2. The summed E-state index contributed by atoms with van der Waals surface area (Å²) in [6, 6.07) is 29.4. The second-order valence-corrected chi connectivity index (χ2v) is 9.28. The first kappa shape index (κ1) is 26.1. The number of halogens is 1. The van der Waals surface area contributed by atoms with Gasteiger partial charge in [0, 0.05) is 25.9 Å². The van der Waals surface area contributed by atoms with E-state index in [1.807, 2.05) is 55.5 Å². The number of nitrogens with zero attached hydrogens (tertiary/aromatic N) is 1. The molecule has 0 spiro atoms. The van der Waals surface area contributed by atoms with Crippen LogP contribution < -0.4 is 5.32 Å². The van der Waals surface area contributed by atoms with Gasteiger partial charge < -0.3 is 10.2 Å². The summed E-state index contributed by atoms with van der Waals surface area (Å²) >= 11 is 0. The molecule has 0 aliphatic rings. The number of hydrogen-bond donors (Lipinski definition) is 1. The van der Waals surface area contributed by atoms with E-state index in [0.717, 1.165) is 33.9 Å². The van der Waals surface area contributed by atoms with Gasteiger partial charge >= 0.3 is 0 Å². The quantitative estimate of drug-likeness (QED) is 0.274. The average Bonchev–Trinajstić information content (AvgIpc) is 2.93. The number of hydrogen-bond acceptors (Lipinski definition) is 2. The van der Waals surface area contributed by atoms with E-state index in [1.165, 1.54) is 12.1 Å². The Labute approximate surface area is 218 Å². The Kier molecular flexibility index (Phi) is 9.03. The van der Waals surface area contributed by atoms with Gasteiger partial charge in [-0.05, 0) is 52.4 Å². The first-order chi connectivity index (χ1) is 18.0. The van der Waals surface area contributed by atoms with Crippen LogP contribution in [-0.4, -0.2) is 29.3 Å². The molecule has 4 aromatic rings. The number of fused-ring (bicyclic) bond motifs is 1. The Morgan fingerprint density at radius 3 is 2.30 bits per heavy atom. The molecule has 0 aromatic heterocycles. The number of aryl methyl sites for hydroxylation is 1. The lowest BCUT2D eigenvalue weighted by atomic mass is 9.99. The molecule has 4 nitrogen and oxygen atoms in total. The van der Waals surface area contributed by atoms with Gasteiger partial charge in [-0.15, -0.1) is 0 Å². The van der Waals surface area contributed by atoms with Crippen molar-refractivity contribution in [2.45, 2.75) is 45.2 Å². The number of nitrogens with one attached hydrogen (secondary N) is 1. The number of amides is 2. The fourth-order valence-electron chi connectivity index (χ4n) is 4.60. The predicted octanol–water partition coefficient (Wildman–Crippen LogP) is 6.08. The maximum Gasteiger partial charge on any atom is 0.243 e. The van der Waals surface area contributed by atoms with Crippen LogP contribution in [0.25, 0.3) is 10.8 Å². The predicted molar refractivity (Wildman–Crippen MR) is 146 cm³/mol. The Balaban J connectivity index is 1.62. The molecule has 4 aromatic carbocycles. The molecule has 0 bridgehead atoms. The van der Waals surface area contributed by atoms with Gasteiger partial charge in [0.05, 0.1) is 0 Å². The van der Waals surface area contributed by atoms with Crippen LogP contribution in [0, 0.1) is 5.82 Å². The summed E-state index contributed by atoms with van der Waals surface area (Å²) in [5.41, 5.74) is 2.86. The molecule has 0 aliphatic carbocycles. The van der Waals surface area contributed by atoms with E-state index in [-0.39, 0.29) is 30.6 Å². The highest BCUT2D eigenvalue weighted by Crippen LogP contribution is 2.22. The third-order valence-electron chi connectivity index (χ3n) is 6.57. The van der Waals surface area contributed by atoms with Gasteiger partial charge in [-0.3, -0.25) is 9.59 Å². The summed E-state index contributed by atoms with van der Waals surface area (Å²) in [6.07, 6.45) is 2.03. The highest BCUT2D eigenvalue weighted by molar-refractivity contribution is 5.89. The second kappa shape index (κ2) is 12.8. The molecular formula is C32H33FN2O2. The Morgan fingerprint density at radius 1 is 0.838 bits per heavy atom. The maximum atomic E-state index is 13.8. The van der Waals surface area contributed by atoms with Crippen molar-refractivity contribution in [1.29, 1.82) is 0 Å². The number of rotatable bonds is 11. The largest absolute Gasteiger partial charge is 0.354 e. The van der Waals surface area contributed by atoms with Crippen LogP contribution in [0.3, 0.4) is 0 Å². The van der Waals surface area contributed by atoms with Crippen LogP contribution in [0.2, 0.25) is 0 Å². The summed E-state index contributed by atoms with van der Waals surface area (Å²) in [7, 11) is 0. The maximum absolute atomic E-state index is 13.8. The van der Waals surface area contributed by atoms with Gasteiger partial charge in [-0.25, -0.2) is 4.39 Å². The smallest absolute Gasteiger partial charge is 0.243 e. The van der Waals surface area contributed by atoms with Gasteiger partial charge in [-0.2, -0.15) is 0 Å². The van der Waals surface area contributed by atoms with E-state index in [9.17, 15) is 14.0 Å². The summed E-state index contributed by atoms with van der Waals surface area (Å²) in [5, 5.41) is 5.25. The van der Waals surface area contributed by atoms with Crippen molar-refractivity contribution in [3.8, 4) is 0 Å². The third-order valence-corrected chi connectivity index (χ3v) is 6.57. The van der Waals surface area contributed by atoms with Crippen molar-refractivity contribution in [3.63, 3.8) is 0 Å². The van der Waals surface area contributed by atoms with Gasteiger partial charge in [-0.1, -0.05) is 91.9 Å². The highest BCUT2D eigenvalue weighted by Gasteiger charge is 2.30. The molecule has 2 amide bonds. The zero-order valence-electron chi connectivity index (χ0n) is 21.2. The van der Waals surface area contributed by atoms with Crippen LogP contribution in [0.5, 0.6) is 0 Å². The fourth-order valence-corrected chi connectivity index (χ4v) is 4.60. The van der Waals surface area contributed by atoms with Crippen molar-refractivity contribution in [3.05, 3.63) is 120 Å². The molecular weight excluding hydrogens is 463 g/mol. The number of carbonyl (C=O) groups is 2. The molecule has 1 atom stereocenters. The van der Waals surface area contributed by atoms with Crippen LogP contribution in [0.1, 0.15) is 36.5 Å². The Morgan fingerprint density at radius 2 is 1.54 bits per heavy atom. The molecule has 0 unspecified atom stereocenters. The summed E-state index contributed by atoms with van der Waals surface area (Å²) < 4.78 is 13.6. The standard InChI is InChI=1S/C32H33FN2O2/c1-2-21-34-32(37)30(22-24-9-4-3-5-10-24)35(23-25-15-18-28(33)19-16-25)31(36)20-17-27-13-8-12-26-11-6-7-14-29(26)27/h3-16,18-19,30H,2,17,20-23H2,1H3,(H,34,37)/t30-/m0/s1. The molecule has 0 aliphatic heterocycles. The van der Waals surface area contributed by atoms with Crippen molar-refractivity contribution in [1.82, 2.24) is 10.2 Å². The van der Waals surface area contributed by atoms with E-state index in [4.69, 9.17) is 0 Å². The van der Waals surface area contributed by atoms with Crippen LogP contribution in [0.15, 0.2) is 97.1 Å². The van der Waals surface area contributed by atoms with E-state index < -0.39 is 6.04 Å². The molecule has 0 saturated carbocycles. The van der Waals surface area contributed by atoms with Crippen LogP contribution >= 0.6 is 0 Å². The second-order valence-electron chi connectivity index (χ2n) is 9.28. The molecule has 37 heavy (non-hydrogen) atoms. The third kappa shape index (κ3) is 7.04. The minimum absolute atomic E-state index is 0.107. The van der Waals surface area contributed by atoms with Crippen molar-refractivity contribution in [2.24, 2.45) is 0 Å². The molecule has 0 fully saturated rings. The molecule has 190 valence electrons. The van der Waals surface area contributed by atoms with E-state index >= 15 is 0 Å². The average molecular weight is 497 g/mol. The topological polar surface area (TPSA) is 49.4 Å².